The Morgan fingerprint density at radius 3 is 2.73 bits per heavy atom. The number of nitrogens with zero attached hydrogens (tertiary/aromatic N) is 2. The zero-order chi connectivity index (χ0) is 21.7. The number of alkyl halides is 2. The maximum absolute atomic E-state index is 14.2. The van der Waals surface area contributed by atoms with Crippen LogP contribution < -0.4 is 19.7 Å². The second-order valence-electron chi connectivity index (χ2n) is 7.14. The molecule has 0 spiro atoms. The number of amides is 1. The van der Waals surface area contributed by atoms with Gasteiger partial charge in [-0.2, -0.15) is 0 Å². The van der Waals surface area contributed by atoms with E-state index in [0.29, 0.717) is 25.3 Å². The molecule has 2 aromatic rings. The van der Waals surface area contributed by atoms with E-state index in [1.54, 1.807) is 4.90 Å². The van der Waals surface area contributed by atoms with E-state index in [1.165, 1.54) is 13.0 Å². The quantitative estimate of drug-likeness (QED) is 0.701. The number of anilines is 1. The molecule has 0 saturated carbocycles. The van der Waals surface area contributed by atoms with Crippen LogP contribution in [-0.2, 0) is 4.79 Å². The Morgan fingerprint density at radius 1 is 1.33 bits per heavy atom. The Morgan fingerprint density at radius 2 is 2.07 bits per heavy atom. The van der Waals surface area contributed by atoms with Crippen molar-refractivity contribution in [2.45, 2.75) is 38.8 Å². The highest BCUT2D eigenvalue weighted by atomic mass is 19.3. The van der Waals surface area contributed by atoms with E-state index < -0.39 is 18.8 Å². The third-order valence-corrected chi connectivity index (χ3v) is 4.76. The van der Waals surface area contributed by atoms with Crippen molar-refractivity contribution in [1.29, 1.82) is 0 Å². The molecular formula is C21H24F3N3O3. The lowest BCUT2D eigenvalue weighted by Crippen LogP contribution is -2.25. The van der Waals surface area contributed by atoms with Crippen molar-refractivity contribution >= 4 is 11.6 Å². The summed E-state index contributed by atoms with van der Waals surface area (Å²) in [4.78, 5) is 16.6. The molecule has 1 aromatic carbocycles. The van der Waals surface area contributed by atoms with Crippen molar-refractivity contribution in [3.63, 3.8) is 0 Å². The summed E-state index contributed by atoms with van der Waals surface area (Å²) in [6.07, 6.45) is -1.13. The summed E-state index contributed by atoms with van der Waals surface area (Å²) >= 11 is 0. The van der Waals surface area contributed by atoms with Gasteiger partial charge in [-0.1, -0.05) is 12.1 Å². The monoisotopic (exact) mass is 423 g/mol. The number of hydrogen-bond acceptors (Lipinski definition) is 5. The molecule has 1 aromatic heterocycles. The standard InChI is InChI=1S/C21H24F3N3O3/c1-13(26-14(2)28)15-3-5-16(6-4-15)30-17-7-8-27(11-17)19-9-21(25-10-18(19)22)29-12-20(23)24/h3-6,9-10,13,17,20H,7-8,11-12H2,1-2H3,(H,26,28)/t13-,17+/m0/s1. The number of aromatic nitrogens is 1. The van der Waals surface area contributed by atoms with Crippen molar-refractivity contribution in [2.75, 3.05) is 24.6 Å². The third kappa shape index (κ3) is 5.77. The van der Waals surface area contributed by atoms with Crippen LogP contribution in [-0.4, -0.2) is 43.1 Å². The molecule has 0 unspecified atom stereocenters. The van der Waals surface area contributed by atoms with Crippen LogP contribution in [0, 0.1) is 5.82 Å². The minimum Gasteiger partial charge on any atom is -0.489 e. The molecule has 30 heavy (non-hydrogen) atoms. The third-order valence-electron chi connectivity index (χ3n) is 4.76. The van der Waals surface area contributed by atoms with E-state index in [2.05, 4.69) is 10.3 Å². The zero-order valence-corrected chi connectivity index (χ0v) is 16.8. The lowest BCUT2D eigenvalue weighted by atomic mass is 10.1. The number of pyridine rings is 1. The summed E-state index contributed by atoms with van der Waals surface area (Å²) in [5.74, 6) is -0.00642. The van der Waals surface area contributed by atoms with E-state index in [-0.39, 0.29) is 29.6 Å². The zero-order valence-electron chi connectivity index (χ0n) is 16.8. The Hall–Kier alpha value is -2.97. The van der Waals surface area contributed by atoms with E-state index in [1.807, 2.05) is 31.2 Å². The summed E-state index contributed by atoms with van der Waals surface area (Å²) in [6.45, 7) is 3.57. The molecule has 1 amide bonds. The van der Waals surface area contributed by atoms with Crippen LogP contribution in [0.1, 0.15) is 31.9 Å². The molecule has 0 aliphatic carbocycles. The second-order valence-corrected chi connectivity index (χ2v) is 7.14. The van der Waals surface area contributed by atoms with Crippen LogP contribution in [0.4, 0.5) is 18.9 Å². The Bertz CT molecular complexity index is 864. The summed E-state index contributed by atoms with van der Waals surface area (Å²) < 4.78 is 49.7. The summed E-state index contributed by atoms with van der Waals surface area (Å²) in [7, 11) is 0. The molecule has 1 saturated heterocycles. The van der Waals surface area contributed by atoms with Gasteiger partial charge in [0.25, 0.3) is 6.43 Å². The number of rotatable bonds is 8. The molecule has 9 heteroatoms. The van der Waals surface area contributed by atoms with Gasteiger partial charge in [-0.3, -0.25) is 4.79 Å². The minimum absolute atomic E-state index is 0.0417. The van der Waals surface area contributed by atoms with Crippen LogP contribution in [0.2, 0.25) is 0 Å². The van der Waals surface area contributed by atoms with Gasteiger partial charge in [0.1, 0.15) is 11.9 Å². The number of benzene rings is 1. The topological polar surface area (TPSA) is 63.7 Å². The van der Waals surface area contributed by atoms with E-state index in [9.17, 15) is 18.0 Å². The lowest BCUT2D eigenvalue weighted by molar-refractivity contribution is -0.119. The van der Waals surface area contributed by atoms with E-state index >= 15 is 0 Å². The van der Waals surface area contributed by atoms with Crippen LogP contribution in [0.15, 0.2) is 36.5 Å². The maximum Gasteiger partial charge on any atom is 0.272 e. The highest BCUT2D eigenvalue weighted by Crippen LogP contribution is 2.28. The molecule has 1 aliphatic heterocycles. The van der Waals surface area contributed by atoms with Gasteiger partial charge >= 0.3 is 0 Å². The number of carbonyl (C=O) groups excluding carboxylic acids is 1. The van der Waals surface area contributed by atoms with Crippen LogP contribution in [0.3, 0.4) is 0 Å². The second kappa shape index (κ2) is 9.69. The van der Waals surface area contributed by atoms with Gasteiger partial charge in [-0.15, -0.1) is 0 Å². The molecule has 1 fully saturated rings. The fourth-order valence-electron chi connectivity index (χ4n) is 3.34. The predicted octanol–water partition coefficient (Wildman–Crippen LogP) is 3.72. The van der Waals surface area contributed by atoms with Gasteiger partial charge in [0.15, 0.2) is 12.4 Å². The number of ether oxygens (including phenoxy) is 2. The smallest absolute Gasteiger partial charge is 0.272 e. The molecule has 0 bridgehead atoms. The van der Waals surface area contributed by atoms with Crippen LogP contribution >= 0.6 is 0 Å². The first-order valence-corrected chi connectivity index (χ1v) is 9.67. The number of nitrogens with one attached hydrogen (secondary N) is 1. The summed E-state index contributed by atoms with van der Waals surface area (Å²) in [5, 5.41) is 2.82. The van der Waals surface area contributed by atoms with Gasteiger partial charge in [-0.25, -0.2) is 18.2 Å². The average molecular weight is 423 g/mol. The first kappa shape index (κ1) is 21.7. The Balaban J connectivity index is 1.59. The fraction of sp³-hybridized carbons (Fsp3) is 0.429. The molecule has 1 aliphatic rings. The lowest BCUT2D eigenvalue weighted by Gasteiger charge is -2.20. The maximum atomic E-state index is 14.2. The molecular weight excluding hydrogens is 399 g/mol. The molecule has 162 valence electrons. The Kier molecular flexibility index (Phi) is 7.02. The molecule has 1 N–H and O–H groups in total. The molecule has 2 atom stereocenters. The fourth-order valence-corrected chi connectivity index (χ4v) is 3.34. The SMILES string of the molecule is CC(=O)N[C@@H](C)c1ccc(O[C@@H]2CCN(c3cc(OCC(F)F)ncc3F)C2)cc1. The van der Waals surface area contributed by atoms with Crippen molar-refractivity contribution < 1.29 is 27.4 Å². The van der Waals surface area contributed by atoms with Gasteiger partial charge in [0.2, 0.25) is 11.8 Å². The molecule has 0 radical (unpaired) electrons. The number of carbonyl (C=O) groups is 1. The normalized spacial score (nSPS) is 17.1. The number of hydrogen-bond donors (Lipinski definition) is 1. The van der Waals surface area contributed by atoms with Gasteiger partial charge < -0.3 is 19.7 Å². The van der Waals surface area contributed by atoms with Crippen molar-refractivity contribution in [3.05, 3.63) is 47.9 Å². The van der Waals surface area contributed by atoms with Gasteiger partial charge in [-0.05, 0) is 24.6 Å². The van der Waals surface area contributed by atoms with E-state index in [4.69, 9.17) is 9.47 Å². The largest absolute Gasteiger partial charge is 0.489 e. The highest BCUT2D eigenvalue weighted by Gasteiger charge is 2.27. The summed E-state index contributed by atoms with van der Waals surface area (Å²) in [6, 6.07) is 8.67. The van der Waals surface area contributed by atoms with Crippen molar-refractivity contribution in [3.8, 4) is 11.6 Å². The molecule has 2 heterocycles. The minimum atomic E-state index is -2.63. The van der Waals surface area contributed by atoms with E-state index in [0.717, 1.165) is 11.8 Å². The van der Waals surface area contributed by atoms with Crippen molar-refractivity contribution in [2.24, 2.45) is 0 Å². The number of halogens is 3. The van der Waals surface area contributed by atoms with Crippen molar-refractivity contribution in [1.82, 2.24) is 10.3 Å². The molecule has 3 rings (SSSR count). The van der Waals surface area contributed by atoms with Crippen LogP contribution in [0.5, 0.6) is 11.6 Å². The molecule has 6 nitrogen and oxygen atoms in total. The first-order chi connectivity index (χ1) is 14.3. The summed E-state index contributed by atoms with van der Waals surface area (Å²) in [5.41, 5.74) is 1.21. The first-order valence-electron chi connectivity index (χ1n) is 9.67. The van der Waals surface area contributed by atoms with Gasteiger partial charge in [0, 0.05) is 26.0 Å². The van der Waals surface area contributed by atoms with Crippen LogP contribution in [0.25, 0.3) is 0 Å². The predicted molar refractivity (Wildman–Crippen MR) is 106 cm³/mol. The highest BCUT2D eigenvalue weighted by molar-refractivity contribution is 5.73. The van der Waals surface area contributed by atoms with Gasteiger partial charge in [0.05, 0.1) is 24.5 Å². The Labute approximate surface area is 173 Å². The average Bonchev–Trinajstić information content (AvgIpc) is 3.15.